The highest BCUT2D eigenvalue weighted by molar-refractivity contribution is 7.90. The molecule has 1 heterocycles. The maximum atomic E-state index is 12.7. The number of hydrogen-bond acceptors (Lipinski definition) is 5. The number of nitrogens with zero attached hydrogens (tertiary/aromatic N) is 1. The van der Waals surface area contributed by atoms with Gasteiger partial charge in [-0.2, -0.15) is 0 Å². The molecular formula is C15H14ClNO4S. The van der Waals surface area contributed by atoms with Crippen molar-refractivity contribution in [3.63, 3.8) is 0 Å². The van der Waals surface area contributed by atoms with Gasteiger partial charge in [0.05, 0.1) is 21.7 Å². The summed E-state index contributed by atoms with van der Waals surface area (Å²) in [6.45, 7) is 1.63. The molecule has 7 heteroatoms. The zero-order valence-electron chi connectivity index (χ0n) is 12.1. The standard InChI is InChI=1S/C15H14ClNO4S/c1-8-10(5-6-12(13(8)16)22(2,19)20)14(18)11-7-17-21-15(11)9-3-4-9/h5-7,9H,3-4H2,1-2H3. The first-order valence-corrected chi connectivity index (χ1v) is 9.06. The van der Waals surface area contributed by atoms with Crippen LogP contribution in [0.2, 0.25) is 5.02 Å². The summed E-state index contributed by atoms with van der Waals surface area (Å²) in [4.78, 5) is 12.7. The number of aromatic nitrogens is 1. The van der Waals surface area contributed by atoms with E-state index in [2.05, 4.69) is 5.16 Å². The van der Waals surface area contributed by atoms with Crippen LogP contribution < -0.4 is 0 Å². The molecule has 1 aliphatic rings. The zero-order valence-corrected chi connectivity index (χ0v) is 13.7. The fraction of sp³-hybridized carbons (Fsp3) is 0.333. The molecule has 1 aliphatic carbocycles. The second-order valence-corrected chi connectivity index (χ2v) is 7.89. The van der Waals surface area contributed by atoms with Gasteiger partial charge < -0.3 is 4.52 Å². The van der Waals surface area contributed by atoms with Crippen LogP contribution in [0.3, 0.4) is 0 Å². The van der Waals surface area contributed by atoms with Crippen molar-refractivity contribution in [1.82, 2.24) is 5.16 Å². The SMILES string of the molecule is Cc1c(C(=O)c2cnoc2C2CC2)ccc(S(C)(=O)=O)c1Cl. The molecule has 1 fully saturated rings. The highest BCUT2D eigenvalue weighted by Gasteiger charge is 2.33. The van der Waals surface area contributed by atoms with E-state index >= 15 is 0 Å². The fourth-order valence-electron chi connectivity index (χ4n) is 2.40. The number of hydrogen-bond donors (Lipinski definition) is 0. The van der Waals surface area contributed by atoms with Gasteiger partial charge in [0.1, 0.15) is 0 Å². The Labute approximate surface area is 133 Å². The van der Waals surface area contributed by atoms with Gasteiger partial charge in [0, 0.05) is 17.7 Å². The van der Waals surface area contributed by atoms with E-state index in [4.69, 9.17) is 16.1 Å². The van der Waals surface area contributed by atoms with E-state index in [1.165, 1.54) is 18.3 Å². The number of carbonyl (C=O) groups is 1. The Morgan fingerprint density at radius 3 is 2.59 bits per heavy atom. The maximum Gasteiger partial charge on any atom is 0.198 e. The van der Waals surface area contributed by atoms with Crippen molar-refractivity contribution >= 4 is 27.2 Å². The lowest BCUT2D eigenvalue weighted by Crippen LogP contribution is -2.08. The molecule has 0 saturated heterocycles. The third-order valence-electron chi connectivity index (χ3n) is 3.79. The second-order valence-electron chi connectivity index (χ2n) is 5.53. The molecule has 1 aromatic carbocycles. The van der Waals surface area contributed by atoms with Crippen molar-refractivity contribution in [2.75, 3.05) is 6.26 Å². The van der Waals surface area contributed by atoms with Gasteiger partial charge in [-0.3, -0.25) is 4.79 Å². The zero-order chi connectivity index (χ0) is 16.1. The Balaban J connectivity index is 2.07. The normalized spacial score (nSPS) is 15.0. The van der Waals surface area contributed by atoms with Gasteiger partial charge in [-0.1, -0.05) is 16.8 Å². The average molecular weight is 340 g/mol. The van der Waals surface area contributed by atoms with Crippen LogP contribution in [-0.4, -0.2) is 25.6 Å². The quantitative estimate of drug-likeness (QED) is 0.800. The lowest BCUT2D eigenvalue weighted by Gasteiger charge is -2.10. The number of ketones is 1. The molecule has 0 spiro atoms. The van der Waals surface area contributed by atoms with Crippen LogP contribution in [0.4, 0.5) is 0 Å². The first-order valence-electron chi connectivity index (χ1n) is 6.79. The lowest BCUT2D eigenvalue weighted by molar-refractivity contribution is 0.103. The van der Waals surface area contributed by atoms with Gasteiger partial charge in [-0.05, 0) is 37.5 Å². The number of benzene rings is 1. The summed E-state index contributed by atoms with van der Waals surface area (Å²) in [7, 11) is -3.44. The van der Waals surface area contributed by atoms with E-state index < -0.39 is 9.84 Å². The van der Waals surface area contributed by atoms with E-state index in [1.807, 2.05) is 0 Å². The van der Waals surface area contributed by atoms with Crippen molar-refractivity contribution in [1.29, 1.82) is 0 Å². The van der Waals surface area contributed by atoms with Crippen LogP contribution in [0.5, 0.6) is 0 Å². The number of sulfone groups is 1. The molecule has 0 N–H and O–H groups in total. The summed E-state index contributed by atoms with van der Waals surface area (Å²) >= 11 is 6.13. The van der Waals surface area contributed by atoms with Crippen molar-refractivity contribution < 1.29 is 17.7 Å². The largest absolute Gasteiger partial charge is 0.360 e. The van der Waals surface area contributed by atoms with E-state index in [0.29, 0.717) is 22.5 Å². The minimum Gasteiger partial charge on any atom is -0.360 e. The summed E-state index contributed by atoms with van der Waals surface area (Å²) in [5, 5.41) is 3.80. The topological polar surface area (TPSA) is 77.2 Å². The van der Waals surface area contributed by atoms with Crippen molar-refractivity contribution in [3.8, 4) is 0 Å². The van der Waals surface area contributed by atoms with Gasteiger partial charge in [0.2, 0.25) is 0 Å². The van der Waals surface area contributed by atoms with E-state index in [-0.39, 0.29) is 21.6 Å². The van der Waals surface area contributed by atoms with Gasteiger partial charge in [0.15, 0.2) is 21.4 Å². The fourth-order valence-corrected chi connectivity index (χ4v) is 3.78. The molecule has 1 saturated carbocycles. The van der Waals surface area contributed by atoms with Crippen LogP contribution in [0, 0.1) is 6.92 Å². The molecule has 3 rings (SSSR count). The molecule has 0 atom stereocenters. The molecule has 0 aliphatic heterocycles. The van der Waals surface area contributed by atoms with Crippen LogP contribution >= 0.6 is 11.6 Å². The molecule has 0 bridgehead atoms. The molecular weight excluding hydrogens is 326 g/mol. The van der Waals surface area contributed by atoms with Crippen LogP contribution in [0.25, 0.3) is 0 Å². The highest BCUT2D eigenvalue weighted by Crippen LogP contribution is 2.42. The minimum atomic E-state index is -3.44. The van der Waals surface area contributed by atoms with Crippen LogP contribution in [0.15, 0.2) is 27.7 Å². The molecule has 116 valence electrons. The highest BCUT2D eigenvalue weighted by atomic mass is 35.5. The number of rotatable bonds is 4. The summed E-state index contributed by atoms with van der Waals surface area (Å²) in [6, 6.07) is 2.85. The van der Waals surface area contributed by atoms with Crippen LogP contribution in [-0.2, 0) is 9.84 Å². The Morgan fingerprint density at radius 2 is 2.00 bits per heavy atom. The first kappa shape index (κ1) is 15.2. The maximum absolute atomic E-state index is 12.7. The molecule has 0 amide bonds. The molecule has 0 unspecified atom stereocenters. The Bertz CT molecular complexity index is 866. The van der Waals surface area contributed by atoms with Gasteiger partial charge >= 0.3 is 0 Å². The Morgan fingerprint density at radius 1 is 1.32 bits per heavy atom. The molecule has 22 heavy (non-hydrogen) atoms. The van der Waals surface area contributed by atoms with Crippen LogP contribution in [0.1, 0.15) is 46.0 Å². The van der Waals surface area contributed by atoms with Crippen molar-refractivity contribution in [2.24, 2.45) is 0 Å². The molecule has 1 aromatic heterocycles. The second kappa shape index (κ2) is 5.21. The van der Waals surface area contributed by atoms with E-state index in [0.717, 1.165) is 19.1 Å². The van der Waals surface area contributed by atoms with Gasteiger partial charge in [-0.25, -0.2) is 8.42 Å². The summed E-state index contributed by atoms with van der Waals surface area (Å²) in [6.07, 6.45) is 4.47. The predicted molar refractivity (Wildman–Crippen MR) is 81.2 cm³/mol. The Kier molecular flexibility index (Phi) is 3.61. The number of halogens is 1. The third-order valence-corrected chi connectivity index (χ3v) is 5.52. The van der Waals surface area contributed by atoms with E-state index in [9.17, 15) is 13.2 Å². The summed E-state index contributed by atoms with van der Waals surface area (Å²) in [5.41, 5.74) is 1.23. The minimum absolute atomic E-state index is 0.0240. The molecule has 5 nitrogen and oxygen atoms in total. The van der Waals surface area contributed by atoms with Gasteiger partial charge in [-0.15, -0.1) is 0 Å². The molecule has 2 aromatic rings. The average Bonchev–Trinajstić information content (AvgIpc) is 3.17. The molecule has 0 radical (unpaired) electrons. The summed E-state index contributed by atoms with van der Waals surface area (Å²) < 4.78 is 28.5. The number of carbonyl (C=O) groups excluding carboxylic acids is 1. The van der Waals surface area contributed by atoms with E-state index in [1.54, 1.807) is 6.92 Å². The summed E-state index contributed by atoms with van der Waals surface area (Å²) in [5.74, 6) is 0.614. The van der Waals surface area contributed by atoms with Gasteiger partial charge in [0.25, 0.3) is 0 Å². The van der Waals surface area contributed by atoms with Crippen molar-refractivity contribution in [2.45, 2.75) is 30.6 Å². The lowest BCUT2D eigenvalue weighted by atomic mass is 9.98. The predicted octanol–water partition coefficient (Wildman–Crippen LogP) is 3.15. The smallest absolute Gasteiger partial charge is 0.198 e. The Hall–Kier alpha value is -1.66. The third kappa shape index (κ3) is 2.57. The first-order chi connectivity index (χ1) is 10.3. The van der Waals surface area contributed by atoms with Crippen molar-refractivity contribution in [3.05, 3.63) is 45.8 Å². The monoisotopic (exact) mass is 339 g/mol.